The first-order valence-corrected chi connectivity index (χ1v) is 8.95. The Morgan fingerprint density at radius 1 is 1.22 bits per heavy atom. The van der Waals surface area contributed by atoms with Crippen molar-refractivity contribution in [2.75, 3.05) is 7.11 Å². The fourth-order valence-electron chi connectivity index (χ4n) is 3.62. The maximum Gasteiger partial charge on any atom is 0.262 e. The van der Waals surface area contributed by atoms with Crippen LogP contribution in [0.3, 0.4) is 0 Å². The Labute approximate surface area is 158 Å². The van der Waals surface area contributed by atoms with Crippen LogP contribution in [0, 0.1) is 11.3 Å². The number of amides is 1. The first kappa shape index (κ1) is 18.5. The molecule has 1 fully saturated rings. The van der Waals surface area contributed by atoms with Crippen molar-refractivity contribution < 1.29 is 14.6 Å². The Bertz CT molecular complexity index is 892. The number of ether oxygens (including phenoxy) is 1. The Morgan fingerprint density at radius 3 is 2.52 bits per heavy atom. The third kappa shape index (κ3) is 3.95. The lowest BCUT2D eigenvalue weighted by Gasteiger charge is -2.31. The largest absolute Gasteiger partial charge is 0.504 e. The lowest BCUT2D eigenvalue weighted by molar-refractivity contribution is -0.119. The highest BCUT2D eigenvalue weighted by Crippen LogP contribution is 2.39. The minimum absolute atomic E-state index is 0.00164. The van der Waals surface area contributed by atoms with Crippen molar-refractivity contribution in [3.8, 4) is 17.6 Å². The van der Waals surface area contributed by atoms with E-state index in [0.29, 0.717) is 11.3 Å². The summed E-state index contributed by atoms with van der Waals surface area (Å²) in [6, 6.07) is 16.6. The molecule has 1 aliphatic carbocycles. The van der Waals surface area contributed by atoms with Gasteiger partial charge in [0.2, 0.25) is 0 Å². The molecular formula is C22H22N2O3. The van der Waals surface area contributed by atoms with E-state index >= 15 is 0 Å². The predicted molar refractivity (Wildman–Crippen MR) is 103 cm³/mol. The maximum atomic E-state index is 12.8. The molecule has 0 unspecified atom stereocenters. The second-order valence-corrected chi connectivity index (χ2v) is 6.71. The van der Waals surface area contributed by atoms with Gasteiger partial charge < -0.3 is 15.2 Å². The molecule has 2 aromatic carbocycles. The molecule has 0 bridgehead atoms. The van der Waals surface area contributed by atoms with Crippen LogP contribution < -0.4 is 10.1 Å². The van der Waals surface area contributed by atoms with Crippen molar-refractivity contribution in [2.45, 2.75) is 31.2 Å². The van der Waals surface area contributed by atoms with Gasteiger partial charge in [0.25, 0.3) is 5.91 Å². The molecule has 1 aliphatic rings. The first-order valence-electron chi connectivity index (χ1n) is 8.95. The number of nitriles is 1. The van der Waals surface area contributed by atoms with E-state index in [-0.39, 0.29) is 11.3 Å². The molecule has 1 saturated carbocycles. The number of nitrogens with zero attached hydrogens (tertiary/aromatic N) is 1. The molecule has 5 heteroatoms. The molecule has 0 radical (unpaired) electrons. The second kappa shape index (κ2) is 7.96. The van der Waals surface area contributed by atoms with E-state index in [9.17, 15) is 15.2 Å². The zero-order valence-corrected chi connectivity index (χ0v) is 15.2. The number of carbonyl (C=O) groups excluding carboxylic acids is 1. The third-order valence-electron chi connectivity index (χ3n) is 5.02. The normalized spacial score (nSPS) is 15.8. The van der Waals surface area contributed by atoms with Gasteiger partial charge in [-0.15, -0.1) is 0 Å². The molecule has 0 atom stereocenters. The summed E-state index contributed by atoms with van der Waals surface area (Å²) < 4.78 is 5.01. The van der Waals surface area contributed by atoms with E-state index in [1.807, 2.05) is 36.4 Å². The Morgan fingerprint density at radius 2 is 1.93 bits per heavy atom. The SMILES string of the molecule is COc1ccc(C=C(C#N)C(=O)NC2(c3ccccc3)CCCC2)cc1O. The molecule has 1 amide bonds. The van der Waals surface area contributed by atoms with Crippen LogP contribution in [0.25, 0.3) is 6.08 Å². The standard InChI is InChI=1S/C22H22N2O3/c1-27-20-10-9-16(14-19(20)25)13-17(15-23)21(26)24-22(11-5-6-12-22)18-7-3-2-4-8-18/h2-4,7-10,13-14,25H,5-6,11-12H2,1H3,(H,24,26). The van der Waals surface area contributed by atoms with Crippen LogP contribution in [0.15, 0.2) is 54.1 Å². The predicted octanol–water partition coefficient (Wildman–Crippen LogP) is 3.89. The lowest BCUT2D eigenvalue weighted by Crippen LogP contribution is -2.44. The number of hydrogen-bond donors (Lipinski definition) is 2. The number of hydrogen-bond acceptors (Lipinski definition) is 4. The number of benzene rings is 2. The van der Waals surface area contributed by atoms with Gasteiger partial charge in [0.15, 0.2) is 11.5 Å². The van der Waals surface area contributed by atoms with Crippen LogP contribution in [0.5, 0.6) is 11.5 Å². The van der Waals surface area contributed by atoms with Crippen molar-refractivity contribution in [2.24, 2.45) is 0 Å². The summed E-state index contributed by atoms with van der Waals surface area (Å²) in [5.74, 6) is -0.108. The van der Waals surface area contributed by atoms with Crippen molar-refractivity contribution in [1.82, 2.24) is 5.32 Å². The molecule has 0 saturated heterocycles. The first-order chi connectivity index (χ1) is 13.1. The van der Waals surface area contributed by atoms with Gasteiger partial charge in [-0.3, -0.25) is 4.79 Å². The van der Waals surface area contributed by atoms with Crippen LogP contribution >= 0.6 is 0 Å². The minimum Gasteiger partial charge on any atom is -0.504 e. The van der Waals surface area contributed by atoms with E-state index in [2.05, 4.69) is 5.32 Å². The lowest BCUT2D eigenvalue weighted by atomic mass is 9.87. The van der Waals surface area contributed by atoms with Crippen LogP contribution in [0.2, 0.25) is 0 Å². The van der Waals surface area contributed by atoms with Crippen molar-refractivity contribution >= 4 is 12.0 Å². The number of aromatic hydroxyl groups is 1. The van der Waals surface area contributed by atoms with Gasteiger partial charge in [0.05, 0.1) is 12.6 Å². The van der Waals surface area contributed by atoms with Crippen molar-refractivity contribution in [3.05, 3.63) is 65.2 Å². The quantitative estimate of drug-likeness (QED) is 0.624. The van der Waals surface area contributed by atoms with E-state index in [1.54, 1.807) is 12.1 Å². The van der Waals surface area contributed by atoms with Crippen LogP contribution in [-0.4, -0.2) is 18.1 Å². The van der Waals surface area contributed by atoms with E-state index in [0.717, 1.165) is 31.2 Å². The third-order valence-corrected chi connectivity index (χ3v) is 5.02. The molecule has 0 spiro atoms. The van der Waals surface area contributed by atoms with Gasteiger partial charge in [-0.25, -0.2) is 0 Å². The zero-order chi connectivity index (χ0) is 19.3. The van der Waals surface area contributed by atoms with E-state index in [1.165, 1.54) is 19.3 Å². The van der Waals surface area contributed by atoms with Crippen LogP contribution in [0.1, 0.15) is 36.8 Å². The van der Waals surface area contributed by atoms with Crippen molar-refractivity contribution in [1.29, 1.82) is 5.26 Å². The van der Waals surface area contributed by atoms with E-state index < -0.39 is 11.4 Å². The highest BCUT2D eigenvalue weighted by Gasteiger charge is 2.37. The van der Waals surface area contributed by atoms with E-state index in [4.69, 9.17) is 4.74 Å². The molecule has 0 heterocycles. The number of methoxy groups -OCH3 is 1. The number of nitrogens with one attached hydrogen (secondary N) is 1. The number of phenols is 1. The van der Waals surface area contributed by atoms with Gasteiger partial charge >= 0.3 is 0 Å². The fraction of sp³-hybridized carbons (Fsp3) is 0.273. The molecule has 5 nitrogen and oxygen atoms in total. The van der Waals surface area contributed by atoms with Gasteiger partial charge in [-0.2, -0.15) is 5.26 Å². The molecule has 0 aromatic heterocycles. The van der Waals surface area contributed by atoms with Crippen molar-refractivity contribution in [3.63, 3.8) is 0 Å². The summed E-state index contributed by atoms with van der Waals surface area (Å²) in [7, 11) is 1.46. The summed E-state index contributed by atoms with van der Waals surface area (Å²) in [4.78, 5) is 12.8. The second-order valence-electron chi connectivity index (χ2n) is 6.71. The Balaban J connectivity index is 1.86. The topological polar surface area (TPSA) is 82.3 Å². The summed E-state index contributed by atoms with van der Waals surface area (Å²) in [5.41, 5.74) is 1.19. The number of carbonyl (C=O) groups is 1. The van der Waals surface area contributed by atoms with Gasteiger partial charge in [-0.1, -0.05) is 49.2 Å². The molecule has 2 aromatic rings. The molecule has 2 N–H and O–H groups in total. The van der Waals surface area contributed by atoms with Crippen LogP contribution in [-0.2, 0) is 10.3 Å². The number of rotatable bonds is 5. The smallest absolute Gasteiger partial charge is 0.262 e. The summed E-state index contributed by atoms with van der Waals surface area (Å²) in [6.07, 6.45) is 5.25. The molecule has 138 valence electrons. The fourth-order valence-corrected chi connectivity index (χ4v) is 3.62. The molecule has 0 aliphatic heterocycles. The zero-order valence-electron chi connectivity index (χ0n) is 15.2. The van der Waals surface area contributed by atoms with Crippen LogP contribution in [0.4, 0.5) is 0 Å². The average Bonchev–Trinajstić information content (AvgIpc) is 3.16. The van der Waals surface area contributed by atoms with Gasteiger partial charge in [-0.05, 0) is 42.2 Å². The minimum atomic E-state index is -0.434. The molecule has 3 rings (SSSR count). The van der Waals surface area contributed by atoms with Gasteiger partial charge in [0, 0.05) is 0 Å². The Hall–Kier alpha value is -3.26. The molecule has 27 heavy (non-hydrogen) atoms. The summed E-state index contributed by atoms with van der Waals surface area (Å²) in [5, 5.41) is 22.5. The highest BCUT2D eigenvalue weighted by molar-refractivity contribution is 6.02. The Kier molecular flexibility index (Phi) is 5.46. The summed E-state index contributed by atoms with van der Waals surface area (Å²) in [6.45, 7) is 0. The van der Waals surface area contributed by atoms with Gasteiger partial charge in [0.1, 0.15) is 11.6 Å². The molecular weight excluding hydrogens is 340 g/mol. The highest BCUT2D eigenvalue weighted by atomic mass is 16.5. The average molecular weight is 362 g/mol. The number of phenolic OH excluding ortho intramolecular Hbond substituents is 1. The monoisotopic (exact) mass is 362 g/mol. The summed E-state index contributed by atoms with van der Waals surface area (Å²) >= 11 is 0. The maximum absolute atomic E-state index is 12.8.